The van der Waals surface area contributed by atoms with E-state index in [4.69, 9.17) is 4.42 Å². The molecule has 0 saturated heterocycles. The number of aryl methyl sites for hydroxylation is 2. The van der Waals surface area contributed by atoms with Crippen molar-refractivity contribution in [2.75, 3.05) is 5.32 Å². The molecule has 0 radical (unpaired) electrons. The van der Waals surface area contributed by atoms with Gasteiger partial charge in [-0.15, -0.1) is 5.10 Å². The van der Waals surface area contributed by atoms with Crippen LogP contribution in [-0.2, 0) is 0 Å². The van der Waals surface area contributed by atoms with Gasteiger partial charge in [0.15, 0.2) is 0 Å². The quantitative estimate of drug-likeness (QED) is 0.803. The van der Waals surface area contributed by atoms with Crippen molar-refractivity contribution in [2.24, 2.45) is 0 Å². The minimum Gasteiger partial charge on any atom is -0.403 e. The molecule has 0 bridgehead atoms. The Morgan fingerprint density at radius 1 is 1.14 bits per heavy atom. The van der Waals surface area contributed by atoms with Crippen LogP contribution in [-0.4, -0.2) is 21.1 Å². The first-order valence-corrected chi connectivity index (χ1v) is 6.76. The number of nitrogens with zero attached hydrogens (tertiary/aromatic N) is 3. The van der Waals surface area contributed by atoms with Gasteiger partial charge >= 0.3 is 6.01 Å². The summed E-state index contributed by atoms with van der Waals surface area (Å²) < 4.78 is 5.42. The van der Waals surface area contributed by atoms with Gasteiger partial charge < -0.3 is 4.42 Å². The van der Waals surface area contributed by atoms with Crippen LogP contribution in [0.2, 0.25) is 0 Å². The molecule has 0 atom stereocenters. The Kier molecular flexibility index (Phi) is 3.65. The molecule has 6 nitrogen and oxygen atoms in total. The molecule has 2 heterocycles. The Morgan fingerprint density at radius 3 is 2.73 bits per heavy atom. The van der Waals surface area contributed by atoms with Crippen LogP contribution in [0, 0.1) is 13.8 Å². The lowest BCUT2D eigenvalue weighted by Crippen LogP contribution is -2.12. The minimum atomic E-state index is -0.288. The van der Waals surface area contributed by atoms with E-state index in [1.165, 1.54) is 0 Å². The van der Waals surface area contributed by atoms with Gasteiger partial charge in [0, 0.05) is 18.0 Å². The summed E-state index contributed by atoms with van der Waals surface area (Å²) in [7, 11) is 0. The molecule has 0 aliphatic heterocycles. The molecule has 110 valence electrons. The topological polar surface area (TPSA) is 80.9 Å². The number of anilines is 1. The molecule has 22 heavy (non-hydrogen) atoms. The largest absolute Gasteiger partial charge is 0.403 e. The van der Waals surface area contributed by atoms with Gasteiger partial charge in [-0.25, -0.2) is 0 Å². The van der Waals surface area contributed by atoms with Crippen LogP contribution in [0.25, 0.3) is 11.5 Å². The van der Waals surface area contributed by atoms with Crippen molar-refractivity contribution in [3.05, 3.63) is 59.4 Å². The number of pyridine rings is 1. The van der Waals surface area contributed by atoms with Crippen molar-refractivity contribution in [1.29, 1.82) is 0 Å². The molecule has 0 spiro atoms. The molecule has 0 unspecified atom stereocenters. The van der Waals surface area contributed by atoms with Crippen molar-refractivity contribution in [3.63, 3.8) is 0 Å². The number of benzene rings is 1. The normalized spacial score (nSPS) is 10.5. The molecule has 1 aromatic carbocycles. The summed E-state index contributed by atoms with van der Waals surface area (Å²) in [5, 5.41) is 10.3. The summed E-state index contributed by atoms with van der Waals surface area (Å²) in [4.78, 5) is 16.2. The van der Waals surface area contributed by atoms with Gasteiger partial charge in [-0.2, -0.15) is 0 Å². The maximum Gasteiger partial charge on any atom is 0.322 e. The standard InChI is InChI=1S/C16H14N4O2/c1-10-5-6-12(8-11(10)2)14(21)18-16-20-19-15(22-16)13-4-3-7-17-9-13/h3-9H,1-2H3,(H,18,20,21). The number of nitrogens with one attached hydrogen (secondary N) is 1. The Balaban J connectivity index is 1.77. The van der Waals surface area contributed by atoms with E-state index in [1.54, 1.807) is 30.6 Å². The van der Waals surface area contributed by atoms with Crippen LogP contribution in [0.3, 0.4) is 0 Å². The maximum atomic E-state index is 12.2. The molecule has 0 fully saturated rings. The van der Waals surface area contributed by atoms with Crippen LogP contribution < -0.4 is 5.32 Å². The van der Waals surface area contributed by atoms with Crippen molar-refractivity contribution >= 4 is 11.9 Å². The van der Waals surface area contributed by atoms with Gasteiger partial charge in [0.25, 0.3) is 11.8 Å². The van der Waals surface area contributed by atoms with E-state index in [2.05, 4.69) is 20.5 Å². The molecule has 1 N–H and O–H groups in total. The van der Waals surface area contributed by atoms with E-state index in [0.29, 0.717) is 17.0 Å². The molecule has 2 aromatic heterocycles. The first-order chi connectivity index (χ1) is 10.6. The monoisotopic (exact) mass is 294 g/mol. The Labute approximate surface area is 127 Å². The van der Waals surface area contributed by atoms with E-state index in [9.17, 15) is 4.79 Å². The third-order valence-electron chi connectivity index (χ3n) is 3.32. The second kappa shape index (κ2) is 5.77. The molecule has 0 aliphatic carbocycles. The number of hydrogen-bond acceptors (Lipinski definition) is 5. The van der Waals surface area contributed by atoms with Crippen LogP contribution in [0.15, 0.2) is 47.1 Å². The van der Waals surface area contributed by atoms with E-state index in [1.807, 2.05) is 26.0 Å². The molecule has 0 saturated carbocycles. The third kappa shape index (κ3) is 2.85. The number of amides is 1. The predicted molar refractivity (Wildman–Crippen MR) is 81.4 cm³/mol. The fourth-order valence-electron chi connectivity index (χ4n) is 1.93. The molecule has 0 aliphatic rings. The molecular formula is C16H14N4O2. The van der Waals surface area contributed by atoms with Gasteiger partial charge in [-0.05, 0) is 49.2 Å². The molecular weight excluding hydrogens is 280 g/mol. The van der Waals surface area contributed by atoms with Crippen LogP contribution in [0.4, 0.5) is 6.01 Å². The second-order valence-electron chi connectivity index (χ2n) is 4.91. The summed E-state index contributed by atoms with van der Waals surface area (Å²) in [5.41, 5.74) is 3.42. The smallest absolute Gasteiger partial charge is 0.322 e. The lowest BCUT2D eigenvalue weighted by molar-refractivity contribution is 0.102. The van der Waals surface area contributed by atoms with Crippen LogP contribution >= 0.6 is 0 Å². The highest BCUT2D eigenvalue weighted by molar-refractivity contribution is 6.03. The van der Waals surface area contributed by atoms with Gasteiger partial charge in [-0.3, -0.25) is 15.1 Å². The number of hydrogen-bond donors (Lipinski definition) is 1. The molecule has 6 heteroatoms. The lowest BCUT2D eigenvalue weighted by atomic mass is 10.1. The fourth-order valence-corrected chi connectivity index (χ4v) is 1.93. The minimum absolute atomic E-state index is 0.0575. The average Bonchev–Trinajstić information content (AvgIpc) is 2.99. The zero-order valence-corrected chi connectivity index (χ0v) is 12.2. The zero-order valence-electron chi connectivity index (χ0n) is 12.2. The Hall–Kier alpha value is -3.02. The average molecular weight is 294 g/mol. The van der Waals surface area contributed by atoms with E-state index in [-0.39, 0.29) is 11.9 Å². The zero-order chi connectivity index (χ0) is 15.5. The highest BCUT2D eigenvalue weighted by Gasteiger charge is 2.13. The van der Waals surface area contributed by atoms with E-state index >= 15 is 0 Å². The van der Waals surface area contributed by atoms with Gasteiger partial charge in [0.1, 0.15) is 0 Å². The van der Waals surface area contributed by atoms with Crippen LogP contribution in [0.1, 0.15) is 21.5 Å². The highest BCUT2D eigenvalue weighted by Crippen LogP contribution is 2.19. The summed E-state index contributed by atoms with van der Waals surface area (Å²) in [6, 6.07) is 9.11. The van der Waals surface area contributed by atoms with Crippen molar-refractivity contribution < 1.29 is 9.21 Å². The predicted octanol–water partition coefficient (Wildman–Crippen LogP) is 3.00. The Bertz CT molecular complexity index is 812. The van der Waals surface area contributed by atoms with Crippen molar-refractivity contribution in [3.8, 4) is 11.5 Å². The molecule has 1 amide bonds. The molecule has 3 rings (SSSR count). The SMILES string of the molecule is Cc1ccc(C(=O)Nc2nnc(-c3cccnc3)o2)cc1C. The van der Waals surface area contributed by atoms with E-state index in [0.717, 1.165) is 11.1 Å². The van der Waals surface area contributed by atoms with Crippen LogP contribution in [0.5, 0.6) is 0 Å². The van der Waals surface area contributed by atoms with Crippen molar-refractivity contribution in [2.45, 2.75) is 13.8 Å². The first kappa shape index (κ1) is 13.9. The van der Waals surface area contributed by atoms with Gasteiger partial charge in [0.2, 0.25) is 0 Å². The number of rotatable bonds is 3. The number of carbonyl (C=O) groups is 1. The third-order valence-corrected chi connectivity index (χ3v) is 3.32. The Morgan fingerprint density at radius 2 is 2.00 bits per heavy atom. The van der Waals surface area contributed by atoms with Crippen molar-refractivity contribution in [1.82, 2.24) is 15.2 Å². The maximum absolute atomic E-state index is 12.2. The second-order valence-corrected chi connectivity index (χ2v) is 4.91. The van der Waals surface area contributed by atoms with Gasteiger partial charge in [-0.1, -0.05) is 11.2 Å². The number of aromatic nitrogens is 3. The highest BCUT2D eigenvalue weighted by atomic mass is 16.4. The fraction of sp³-hybridized carbons (Fsp3) is 0.125. The summed E-state index contributed by atoms with van der Waals surface area (Å²) in [6.45, 7) is 3.95. The lowest BCUT2D eigenvalue weighted by Gasteiger charge is -2.04. The van der Waals surface area contributed by atoms with Gasteiger partial charge in [0.05, 0.1) is 5.56 Å². The number of carbonyl (C=O) groups excluding carboxylic acids is 1. The summed E-state index contributed by atoms with van der Waals surface area (Å²) in [5.74, 6) is 0.0213. The summed E-state index contributed by atoms with van der Waals surface area (Å²) >= 11 is 0. The molecule has 3 aromatic rings. The first-order valence-electron chi connectivity index (χ1n) is 6.76. The van der Waals surface area contributed by atoms with E-state index < -0.39 is 0 Å². The summed E-state index contributed by atoms with van der Waals surface area (Å²) in [6.07, 6.45) is 3.27.